The molecule has 1 atom stereocenters. The number of anilines is 1. The minimum atomic E-state index is -1.51. The molecule has 0 saturated carbocycles. The highest BCUT2D eigenvalue weighted by molar-refractivity contribution is 5.87. The molecule has 2 aromatic rings. The van der Waals surface area contributed by atoms with Crippen molar-refractivity contribution in [2.45, 2.75) is 5.41 Å². The Bertz CT molecular complexity index is 777. The monoisotopic (exact) mass is 374 g/mol. The SMILES string of the molecule is COC(=O)C(CO)(c1ccc(F)cc1)c1cnc(N2CCN(C)CC2)nc1. The molecule has 1 N–H and O–H groups in total. The molecule has 1 fully saturated rings. The first-order chi connectivity index (χ1) is 13.0. The standard InChI is InChI=1S/C19H23FN4O3/c1-23-7-9-24(10-8-23)18-21-11-15(12-22-18)19(13-25,17(26)27-2)14-3-5-16(20)6-4-14/h3-6,11-12,25H,7-10,13H2,1-2H3. The van der Waals surface area contributed by atoms with Crippen LogP contribution in [0.1, 0.15) is 11.1 Å². The number of methoxy groups -OCH3 is 1. The van der Waals surface area contributed by atoms with Gasteiger partial charge in [0, 0.05) is 44.1 Å². The molecule has 1 saturated heterocycles. The minimum Gasteiger partial charge on any atom is -0.468 e. The van der Waals surface area contributed by atoms with Crippen molar-refractivity contribution in [3.63, 3.8) is 0 Å². The van der Waals surface area contributed by atoms with E-state index in [4.69, 9.17) is 4.74 Å². The summed E-state index contributed by atoms with van der Waals surface area (Å²) in [5.41, 5.74) is -0.709. The van der Waals surface area contributed by atoms with Crippen LogP contribution in [0.2, 0.25) is 0 Å². The fourth-order valence-electron chi connectivity index (χ4n) is 3.27. The number of carbonyl (C=O) groups excluding carboxylic acids is 1. The number of esters is 1. The zero-order chi connectivity index (χ0) is 19.4. The van der Waals surface area contributed by atoms with Crippen LogP contribution in [0.3, 0.4) is 0 Å². The Hall–Kier alpha value is -2.58. The van der Waals surface area contributed by atoms with Crippen molar-refractivity contribution >= 4 is 11.9 Å². The summed E-state index contributed by atoms with van der Waals surface area (Å²) in [6.07, 6.45) is 3.05. The molecule has 27 heavy (non-hydrogen) atoms. The van der Waals surface area contributed by atoms with Crippen LogP contribution in [0.4, 0.5) is 10.3 Å². The molecule has 0 spiro atoms. The number of aromatic nitrogens is 2. The van der Waals surface area contributed by atoms with Crippen molar-refractivity contribution in [1.82, 2.24) is 14.9 Å². The highest BCUT2D eigenvalue weighted by Gasteiger charge is 2.44. The quantitative estimate of drug-likeness (QED) is 0.776. The Kier molecular flexibility index (Phi) is 5.67. The van der Waals surface area contributed by atoms with Gasteiger partial charge in [-0.05, 0) is 24.7 Å². The molecule has 1 aliphatic rings. The van der Waals surface area contributed by atoms with E-state index < -0.39 is 23.8 Å². The lowest BCUT2D eigenvalue weighted by Crippen LogP contribution is -2.45. The number of hydrogen-bond donors (Lipinski definition) is 1. The maximum atomic E-state index is 13.3. The number of carbonyl (C=O) groups is 1. The van der Waals surface area contributed by atoms with E-state index >= 15 is 0 Å². The molecule has 1 aromatic carbocycles. The highest BCUT2D eigenvalue weighted by Crippen LogP contribution is 2.33. The first-order valence-electron chi connectivity index (χ1n) is 8.72. The summed E-state index contributed by atoms with van der Waals surface area (Å²) in [6, 6.07) is 5.39. The molecule has 7 nitrogen and oxygen atoms in total. The van der Waals surface area contributed by atoms with E-state index in [0.29, 0.717) is 17.1 Å². The minimum absolute atomic E-state index is 0.390. The lowest BCUT2D eigenvalue weighted by Gasteiger charge is -2.33. The van der Waals surface area contributed by atoms with Crippen molar-refractivity contribution in [1.29, 1.82) is 0 Å². The van der Waals surface area contributed by atoms with Gasteiger partial charge in [-0.2, -0.15) is 0 Å². The van der Waals surface area contributed by atoms with E-state index in [0.717, 1.165) is 26.2 Å². The Morgan fingerprint density at radius 1 is 1.15 bits per heavy atom. The number of aliphatic hydroxyl groups excluding tert-OH is 1. The average molecular weight is 374 g/mol. The summed E-state index contributed by atoms with van der Waals surface area (Å²) >= 11 is 0. The van der Waals surface area contributed by atoms with Crippen molar-refractivity contribution in [2.75, 3.05) is 51.8 Å². The van der Waals surface area contributed by atoms with Gasteiger partial charge in [-0.15, -0.1) is 0 Å². The van der Waals surface area contributed by atoms with Gasteiger partial charge in [0.1, 0.15) is 11.2 Å². The van der Waals surface area contributed by atoms with Gasteiger partial charge >= 0.3 is 5.97 Å². The number of benzene rings is 1. The first-order valence-corrected chi connectivity index (χ1v) is 8.72. The van der Waals surface area contributed by atoms with Crippen molar-refractivity contribution in [3.8, 4) is 0 Å². The number of hydrogen-bond acceptors (Lipinski definition) is 7. The van der Waals surface area contributed by atoms with Gasteiger partial charge in [-0.3, -0.25) is 4.79 Å². The molecule has 0 aliphatic carbocycles. The largest absolute Gasteiger partial charge is 0.468 e. The Balaban J connectivity index is 1.97. The second kappa shape index (κ2) is 7.98. The van der Waals surface area contributed by atoms with E-state index in [2.05, 4.69) is 26.8 Å². The van der Waals surface area contributed by atoms with Gasteiger partial charge < -0.3 is 19.6 Å². The number of halogens is 1. The molecule has 2 heterocycles. The van der Waals surface area contributed by atoms with Crippen LogP contribution in [0.15, 0.2) is 36.7 Å². The van der Waals surface area contributed by atoms with Crippen LogP contribution < -0.4 is 4.90 Å². The molecular weight excluding hydrogens is 351 g/mol. The maximum Gasteiger partial charge on any atom is 0.323 e. The number of ether oxygens (including phenoxy) is 1. The molecule has 144 valence electrons. The molecule has 1 aromatic heterocycles. The molecule has 0 radical (unpaired) electrons. The van der Waals surface area contributed by atoms with Crippen molar-refractivity contribution in [3.05, 3.63) is 53.6 Å². The summed E-state index contributed by atoms with van der Waals surface area (Å²) < 4.78 is 18.3. The van der Waals surface area contributed by atoms with Crippen LogP contribution >= 0.6 is 0 Å². The molecule has 8 heteroatoms. The van der Waals surface area contributed by atoms with Gasteiger partial charge in [0.05, 0.1) is 13.7 Å². The number of rotatable bonds is 5. The molecular formula is C19H23FN4O3. The lowest BCUT2D eigenvalue weighted by molar-refractivity contribution is -0.147. The average Bonchev–Trinajstić information content (AvgIpc) is 2.71. The molecule has 0 bridgehead atoms. The topological polar surface area (TPSA) is 78.8 Å². The van der Waals surface area contributed by atoms with E-state index in [-0.39, 0.29) is 0 Å². The Labute approximate surface area is 157 Å². The molecule has 3 rings (SSSR count). The zero-order valence-electron chi connectivity index (χ0n) is 15.4. The fraction of sp³-hybridized carbons (Fsp3) is 0.421. The van der Waals surface area contributed by atoms with Crippen LogP contribution in [0.5, 0.6) is 0 Å². The summed E-state index contributed by atoms with van der Waals surface area (Å²) in [4.78, 5) is 25.7. The highest BCUT2D eigenvalue weighted by atomic mass is 19.1. The van der Waals surface area contributed by atoms with Crippen molar-refractivity contribution in [2.24, 2.45) is 0 Å². The maximum absolute atomic E-state index is 13.3. The van der Waals surface area contributed by atoms with E-state index in [9.17, 15) is 14.3 Å². The molecule has 1 aliphatic heterocycles. The van der Waals surface area contributed by atoms with Crippen LogP contribution in [-0.2, 0) is 14.9 Å². The normalized spacial score (nSPS) is 17.4. The van der Waals surface area contributed by atoms with Gasteiger partial charge in [0.25, 0.3) is 0 Å². The van der Waals surface area contributed by atoms with Gasteiger partial charge in [0.15, 0.2) is 0 Å². The number of aliphatic hydroxyl groups is 1. The third-order valence-corrected chi connectivity index (χ3v) is 5.03. The summed E-state index contributed by atoms with van der Waals surface area (Å²) in [7, 11) is 3.31. The third kappa shape index (κ3) is 3.63. The number of piperazine rings is 1. The van der Waals surface area contributed by atoms with Crippen molar-refractivity contribution < 1.29 is 19.0 Å². The molecule has 1 unspecified atom stereocenters. The smallest absolute Gasteiger partial charge is 0.323 e. The Morgan fingerprint density at radius 2 is 1.74 bits per heavy atom. The fourth-order valence-corrected chi connectivity index (χ4v) is 3.27. The summed E-state index contributed by atoms with van der Waals surface area (Å²) in [5, 5.41) is 10.1. The molecule has 0 amide bonds. The summed E-state index contributed by atoms with van der Waals surface area (Å²) in [6.45, 7) is 2.92. The lowest BCUT2D eigenvalue weighted by atomic mass is 9.76. The van der Waals surface area contributed by atoms with Crippen LogP contribution in [0.25, 0.3) is 0 Å². The second-order valence-corrected chi connectivity index (χ2v) is 6.62. The summed E-state index contributed by atoms with van der Waals surface area (Å²) in [5.74, 6) is -0.521. The van der Waals surface area contributed by atoms with Gasteiger partial charge in [-0.1, -0.05) is 12.1 Å². The Morgan fingerprint density at radius 3 is 2.26 bits per heavy atom. The first kappa shape index (κ1) is 19.2. The van der Waals surface area contributed by atoms with E-state index in [1.165, 1.54) is 43.8 Å². The second-order valence-electron chi connectivity index (χ2n) is 6.62. The van der Waals surface area contributed by atoms with Crippen LogP contribution in [0, 0.1) is 5.82 Å². The van der Waals surface area contributed by atoms with Crippen LogP contribution in [-0.4, -0.2) is 72.9 Å². The van der Waals surface area contributed by atoms with Gasteiger partial charge in [-0.25, -0.2) is 14.4 Å². The zero-order valence-corrected chi connectivity index (χ0v) is 15.4. The predicted molar refractivity (Wildman–Crippen MR) is 98.0 cm³/mol. The predicted octanol–water partition coefficient (Wildman–Crippen LogP) is 0.819. The number of nitrogens with zero attached hydrogens (tertiary/aromatic N) is 4. The van der Waals surface area contributed by atoms with Gasteiger partial charge in [0.2, 0.25) is 5.95 Å². The van der Waals surface area contributed by atoms with E-state index in [1.54, 1.807) is 0 Å². The number of likely N-dealkylation sites (N-methyl/N-ethyl adjacent to an activating group) is 1. The third-order valence-electron chi connectivity index (χ3n) is 5.03. The van der Waals surface area contributed by atoms with E-state index in [1.807, 2.05) is 0 Å².